The number of hydrogen-bond donors (Lipinski definition) is 0. The Morgan fingerprint density at radius 3 is 1.71 bits per heavy atom. The zero-order valence-corrected chi connectivity index (χ0v) is 13.3. The molecule has 0 unspecified atom stereocenters. The molecule has 0 radical (unpaired) electrons. The average molecular weight is 287 g/mol. The molecule has 1 aromatic carbocycles. The van der Waals surface area contributed by atoms with E-state index in [2.05, 4.69) is 38.1 Å². The molecule has 3 rings (SSSR count). The van der Waals surface area contributed by atoms with Crippen molar-refractivity contribution in [3.63, 3.8) is 0 Å². The summed E-state index contributed by atoms with van der Waals surface area (Å²) in [5, 5.41) is 0. The lowest BCUT2D eigenvalue weighted by atomic mass is 9.68. The van der Waals surface area contributed by atoms with Gasteiger partial charge in [0.25, 0.3) is 0 Å². The molecular weight excluding hydrogens is 252 g/mol. The minimum Gasteiger partial charge on any atom is -0.0776 e. The molecule has 0 nitrogen and oxygen atoms in total. The van der Waals surface area contributed by atoms with E-state index in [0.717, 1.165) is 23.7 Å². The largest absolute Gasteiger partial charge is 0.0776 e. The third-order valence-corrected chi connectivity index (χ3v) is 6.05. The van der Waals surface area contributed by atoms with Crippen LogP contribution in [0.5, 0.6) is 0 Å². The molecule has 0 saturated heterocycles. The highest BCUT2D eigenvalue weighted by molar-refractivity contribution is 5.24. The second kappa shape index (κ2) is 7.47. The van der Waals surface area contributed by atoms with Crippen LogP contribution in [0, 0.1) is 24.7 Å². The van der Waals surface area contributed by atoms with Crippen molar-refractivity contribution in [2.24, 2.45) is 17.8 Å². The van der Waals surface area contributed by atoms with E-state index in [-0.39, 0.29) is 7.43 Å². The third-order valence-electron chi connectivity index (χ3n) is 6.05. The normalized spacial score (nSPS) is 33.2. The molecule has 0 bridgehead atoms. The molecule has 2 aliphatic rings. The Labute approximate surface area is 132 Å². The maximum atomic E-state index is 2.44. The molecule has 0 atom stereocenters. The van der Waals surface area contributed by atoms with Gasteiger partial charge in [0, 0.05) is 0 Å². The molecule has 21 heavy (non-hydrogen) atoms. The van der Waals surface area contributed by atoms with Crippen molar-refractivity contribution in [3.05, 3.63) is 35.4 Å². The van der Waals surface area contributed by atoms with Crippen LogP contribution in [-0.2, 0) is 0 Å². The maximum Gasteiger partial charge on any atom is -0.0162 e. The van der Waals surface area contributed by atoms with Gasteiger partial charge in [0.2, 0.25) is 0 Å². The Morgan fingerprint density at radius 2 is 1.19 bits per heavy atom. The quantitative estimate of drug-likeness (QED) is 0.565. The van der Waals surface area contributed by atoms with Crippen LogP contribution in [0.4, 0.5) is 0 Å². The summed E-state index contributed by atoms with van der Waals surface area (Å²) in [6.45, 7) is 4.62. The van der Waals surface area contributed by atoms with E-state index in [9.17, 15) is 0 Å². The molecule has 1 aromatic rings. The van der Waals surface area contributed by atoms with Crippen molar-refractivity contribution in [2.45, 2.75) is 78.6 Å². The van der Waals surface area contributed by atoms with Gasteiger partial charge in [-0.1, -0.05) is 57.0 Å². The molecule has 0 aromatic heterocycles. The first-order valence-electron chi connectivity index (χ1n) is 8.79. The highest BCUT2D eigenvalue weighted by Gasteiger charge is 2.30. The van der Waals surface area contributed by atoms with Gasteiger partial charge < -0.3 is 0 Å². The van der Waals surface area contributed by atoms with Crippen molar-refractivity contribution >= 4 is 0 Å². The SMILES string of the molecule is C.Cc1ccc(C2CCC(C3CCC(C)CC3)CC2)cc1. The van der Waals surface area contributed by atoms with Crippen LogP contribution >= 0.6 is 0 Å². The van der Waals surface area contributed by atoms with Crippen molar-refractivity contribution < 1.29 is 0 Å². The Kier molecular flexibility index (Phi) is 5.90. The molecule has 118 valence electrons. The lowest BCUT2D eigenvalue weighted by Gasteiger charge is -2.37. The maximum absolute atomic E-state index is 2.44. The van der Waals surface area contributed by atoms with Crippen LogP contribution in [0.1, 0.15) is 82.8 Å². The van der Waals surface area contributed by atoms with Crippen LogP contribution in [0.2, 0.25) is 0 Å². The van der Waals surface area contributed by atoms with Crippen LogP contribution < -0.4 is 0 Å². The standard InChI is InChI=1S/C20H30.CH4/c1-15-3-7-17(8-4-15)19-11-13-20(14-12-19)18-9-5-16(2)6-10-18;/h3-4,7-8,16,18-20H,5-6,9-14H2,1-2H3;1H4. The van der Waals surface area contributed by atoms with E-state index >= 15 is 0 Å². The Balaban J connectivity index is 0.00000161. The van der Waals surface area contributed by atoms with Crippen LogP contribution in [-0.4, -0.2) is 0 Å². The van der Waals surface area contributed by atoms with E-state index in [1.54, 1.807) is 5.56 Å². The Hall–Kier alpha value is -0.780. The summed E-state index contributed by atoms with van der Waals surface area (Å²) in [5.74, 6) is 3.94. The monoisotopic (exact) mass is 286 g/mol. The lowest BCUT2D eigenvalue weighted by molar-refractivity contribution is 0.165. The fourth-order valence-electron chi connectivity index (χ4n) is 4.52. The second-order valence-corrected chi connectivity index (χ2v) is 7.54. The highest BCUT2D eigenvalue weighted by Crippen LogP contribution is 2.43. The van der Waals surface area contributed by atoms with Gasteiger partial charge in [0.15, 0.2) is 0 Å². The zero-order valence-electron chi connectivity index (χ0n) is 13.3. The summed E-state index contributed by atoms with van der Waals surface area (Å²) in [6, 6.07) is 9.29. The first kappa shape index (κ1) is 16.6. The second-order valence-electron chi connectivity index (χ2n) is 7.54. The van der Waals surface area contributed by atoms with Crippen molar-refractivity contribution in [2.75, 3.05) is 0 Å². The first-order valence-corrected chi connectivity index (χ1v) is 8.79. The van der Waals surface area contributed by atoms with Gasteiger partial charge in [-0.2, -0.15) is 0 Å². The molecule has 2 fully saturated rings. The molecule has 0 spiro atoms. The smallest absolute Gasteiger partial charge is 0.0162 e. The fraction of sp³-hybridized carbons (Fsp3) is 0.714. The minimum absolute atomic E-state index is 0. The summed E-state index contributed by atoms with van der Waals surface area (Å²) < 4.78 is 0. The van der Waals surface area contributed by atoms with Crippen molar-refractivity contribution in [3.8, 4) is 0 Å². The molecule has 0 heteroatoms. The minimum atomic E-state index is 0. The van der Waals surface area contributed by atoms with Gasteiger partial charge in [0.05, 0.1) is 0 Å². The lowest BCUT2D eigenvalue weighted by Crippen LogP contribution is -2.24. The molecule has 0 N–H and O–H groups in total. The van der Waals surface area contributed by atoms with Gasteiger partial charge >= 0.3 is 0 Å². The first-order chi connectivity index (χ1) is 9.72. The van der Waals surface area contributed by atoms with Crippen LogP contribution in [0.15, 0.2) is 24.3 Å². The molecule has 0 aliphatic heterocycles. The van der Waals surface area contributed by atoms with Gasteiger partial charge in [-0.3, -0.25) is 0 Å². The fourth-order valence-corrected chi connectivity index (χ4v) is 4.52. The molecule has 0 amide bonds. The third kappa shape index (κ3) is 4.11. The van der Waals surface area contributed by atoms with Crippen molar-refractivity contribution in [1.82, 2.24) is 0 Å². The van der Waals surface area contributed by atoms with E-state index in [1.165, 1.54) is 56.9 Å². The van der Waals surface area contributed by atoms with E-state index in [1.807, 2.05) is 0 Å². The van der Waals surface area contributed by atoms with Crippen LogP contribution in [0.25, 0.3) is 0 Å². The zero-order chi connectivity index (χ0) is 13.9. The summed E-state index contributed by atoms with van der Waals surface area (Å²) in [7, 11) is 0. The number of hydrogen-bond acceptors (Lipinski definition) is 0. The molecule has 2 aliphatic carbocycles. The van der Waals surface area contributed by atoms with E-state index < -0.39 is 0 Å². The van der Waals surface area contributed by atoms with Gasteiger partial charge in [-0.25, -0.2) is 0 Å². The predicted octanol–water partition coefficient (Wildman–Crippen LogP) is 6.73. The van der Waals surface area contributed by atoms with Crippen LogP contribution in [0.3, 0.4) is 0 Å². The van der Waals surface area contributed by atoms with Gasteiger partial charge in [0.1, 0.15) is 0 Å². The number of rotatable bonds is 2. The topological polar surface area (TPSA) is 0 Å². The van der Waals surface area contributed by atoms with E-state index in [4.69, 9.17) is 0 Å². The summed E-state index contributed by atoms with van der Waals surface area (Å²) >= 11 is 0. The predicted molar refractivity (Wildman–Crippen MR) is 93.7 cm³/mol. The highest BCUT2D eigenvalue weighted by atomic mass is 14.4. The van der Waals surface area contributed by atoms with Gasteiger partial charge in [-0.15, -0.1) is 0 Å². The summed E-state index contributed by atoms with van der Waals surface area (Å²) in [5.41, 5.74) is 2.98. The Morgan fingerprint density at radius 1 is 0.714 bits per heavy atom. The average Bonchev–Trinajstić information content (AvgIpc) is 2.49. The number of aryl methyl sites for hydroxylation is 1. The number of benzene rings is 1. The van der Waals surface area contributed by atoms with E-state index in [0.29, 0.717) is 0 Å². The van der Waals surface area contributed by atoms with Gasteiger partial charge in [-0.05, 0) is 74.7 Å². The summed E-state index contributed by atoms with van der Waals surface area (Å²) in [4.78, 5) is 0. The Bertz CT molecular complexity index is 400. The molecular formula is C21H34. The van der Waals surface area contributed by atoms with Crippen molar-refractivity contribution in [1.29, 1.82) is 0 Å². The molecule has 0 heterocycles. The molecule has 2 saturated carbocycles. The summed E-state index contributed by atoms with van der Waals surface area (Å²) in [6.07, 6.45) is 11.8.